The molecule has 0 aromatic rings. The summed E-state index contributed by atoms with van der Waals surface area (Å²) in [5.74, 6) is 2.41. The monoisotopic (exact) mass is 189 g/mol. The fourth-order valence-electron chi connectivity index (χ4n) is 1.14. The van der Waals surface area contributed by atoms with E-state index in [0.717, 1.165) is 11.5 Å². The highest BCUT2D eigenvalue weighted by molar-refractivity contribution is 8.00. The Morgan fingerprint density at radius 1 is 1.75 bits per heavy atom. The van der Waals surface area contributed by atoms with E-state index in [2.05, 4.69) is 4.74 Å². The van der Waals surface area contributed by atoms with Crippen LogP contribution in [0.3, 0.4) is 0 Å². The van der Waals surface area contributed by atoms with Crippen LogP contribution in [0.5, 0.6) is 0 Å². The lowest BCUT2D eigenvalue weighted by atomic mass is 9.85. The van der Waals surface area contributed by atoms with Crippen LogP contribution in [0.4, 0.5) is 0 Å². The summed E-state index contributed by atoms with van der Waals surface area (Å²) in [6, 6.07) is 0. The molecule has 0 aromatic carbocycles. The minimum absolute atomic E-state index is 0.211. The van der Waals surface area contributed by atoms with Gasteiger partial charge in [-0.05, 0) is 24.3 Å². The molecule has 2 N–H and O–H groups in total. The predicted octanol–water partition coefficient (Wildman–Crippen LogP) is 0.630. The summed E-state index contributed by atoms with van der Waals surface area (Å²) in [6.07, 6.45) is 0.328. The molecule has 1 aliphatic rings. The Morgan fingerprint density at radius 3 is 2.67 bits per heavy atom. The molecule has 0 amide bonds. The lowest BCUT2D eigenvalue weighted by Gasteiger charge is -2.38. The third-order valence-electron chi connectivity index (χ3n) is 2.32. The first-order valence-corrected chi connectivity index (χ1v) is 5.15. The van der Waals surface area contributed by atoms with Crippen molar-refractivity contribution in [3.63, 3.8) is 0 Å². The second kappa shape index (κ2) is 3.66. The van der Waals surface area contributed by atoms with Gasteiger partial charge in [0, 0.05) is 5.54 Å². The van der Waals surface area contributed by atoms with Crippen LogP contribution in [0.15, 0.2) is 0 Å². The van der Waals surface area contributed by atoms with E-state index in [9.17, 15) is 4.79 Å². The summed E-state index contributed by atoms with van der Waals surface area (Å²) in [5, 5.41) is 0. The van der Waals surface area contributed by atoms with Crippen molar-refractivity contribution in [2.45, 2.75) is 18.9 Å². The Bertz CT molecular complexity index is 178. The molecule has 1 heterocycles. The van der Waals surface area contributed by atoms with Gasteiger partial charge >= 0.3 is 5.97 Å². The van der Waals surface area contributed by atoms with Gasteiger partial charge in [-0.15, -0.1) is 0 Å². The van der Waals surface area contributed by atoms with Gasteiger partial charge in [-0.25, -0.2) is 0 Å². The number of nitrogens with two attached hydrogens (primary N) is 1. The first-order chi connectivity index (χ1) is 5.56. The van der Waals surface area contributed by atoms with Crippen LogP contribution in [-0.4, -0.2) is 30.1 Å². The molecular weight excluding hydrogens is 174 g/mol. The lowest BCUT2D eigenvalue weighted by Crippen LogP contribution is -2.51. The van der Waals surface area contributed by atoms with Crippen molar-refractivity contribution >= 4 is 17.7 Å². The molecule has 0 bridgehead atoms. The van der Waals surface area contributed by atoms with Crippen LogP contribution in [0, 0.1) is 5.92 Å². The molecule has 1 rings (SSSR count). The fourth-order valence-corrected chi connectivity index (χ4v) is 2.38. The summed E-state index contributed by atoms with van der Waals surface area (Å²) >= 11 is 1.87. The summed E-state index contributed by atoms with van der Waals surface area (Å²) in [5.41, 5.74) is 5.61. The van der Waals surface area contributed by atoms with Crippen molar-refractivity contribution in [2.75, 3.05) is 18.6 Å². The smallest absolute Gasteiger partial charge is 0.307 e. The van der Waals surface area contributed by atoms with Crippen molar-refractivity contribution in [1.82, 2.24) is 0 Å². The molecule has 1 unspecified atom stereocenters. The van der Waals surface area contributed by atoms with E-state index in [1.807, 2.05) is 18.7 Å². The van der Waals surface area contributed by atoms with Crippen molar-refractivity contribution in [2.24, 2.45) is 11.7 Å². The van der Waals surface area contributed by atoms with Gasteiger partial charge in [0.2, 0.25) is 0 Å². The third kappa shape index (κ3) is 2.14. The molecule has 0 radical (unpaired) electrons. The number of methoxy groups -OCH3 is 1. The molecule has 1 atom stereocenters. The largest absolute Gasteiger partial charge is 0.469 e. The van der Waals surface area contributed by atoms with E-state index in [4.69, 9.17) is 5.73 Å². The van der Waals surface area contributed by atoms with Gasteiger partial charge < -0.3 is 10.5 Å². The maximum Gasteiger partial charge on any atom is 0.307 e. The van der Waals surface area contributed by atoms with Gasteiger partial charge in [-0.1, -0.05) is 0 Å². The van der Waals surface area contributed by atoms with Crippen LogP contribution in [-0.2, 0) is 9.53 Å². The maximum absolute atomic E-state index is 11.0. The van der Waals surface area contributed by atoms with E-state index < -0.39 is 0 Å². The Balaban J connectivity index is 2.41. The minimum Gasteiger partial charge on any atom is -0.469 e. The second-order valence-electron chi connectivity index (χ2n) is 3.49. The number of rotatable bonds is 3. The van der Waals surface area contributed by atoms with E-state index in [-0.39, 0.29) is 11.5 Å². The van der Waals surface area contributed by atoms with Gasteiger partial charge in [0.25, 0.3) is 0 Å². The SMILES string of the molecule is COC(=O)CC(C)(N)C1CSC1. The molecule has 0 spiro atoms. The normalized spacial score (nSPS) is 22.6. The number of thioether (sulfide) groups is 1. The zero-order valence-electron chi connectivity index (χ0n) is 7.50. The third-order valence-corrected chi connectivity index (χ3v) is 3.60. The Labute approximate surface area is 77.0 Å². The average Bonchev–Trinajstić information content (AvgIpc) is 1.80. The lowest BCUT2D eigenvalue weighted by molar-refractivity contribution is -0.142. The molecule has 70 valence electrons. The van der Waals surface area contributed by atoms with E-state index in [0.29, 0.717) is 12.3 Å². The minimum atomic E-state index is -0.377. The summed E-state index contributed by atoms with van der Waals surface area (Å²) in [7, 11) is 1.40. The number of hydrogen-bond donors (Lipinski definition) is 1. The molecular formula is C8H15NO2S. The van der Waals surface area contributed by atoms with Gasteiger partial charge in [-0.2, -0.15) is 11.8 Å². The van der Waals surface area contributed by atoms with Crippen molar-refractivity contribution < 1.29 is 9.53 Å². The number of hydrogen-bond acceptors (Lipinski definition) is 4. The highest BCUT2D eigenvalue weighted by Crippen LogP contribution is 2.34. The number of carbonyl (C=O) groups excluding carboxylic acids is 1. The fraction of sp³-hybridized carbons (Fsp3) is 0.875. The summed E-state index contributed by atoms with van der Waals surface area (Å²) < 4.78 is 4.58. The van der Waals surface area contributed by atoms with E-state index in [1.165, 1.54) is 7.11 Å². The topological polar surface area (TPSA) is 52.3 Å². The van der Waals surface area contributed by atoms with Crippen LogP contribution in [0.1, 0.15) is 13.3 Å². The summed E-state index contributed by atoms with van der Waals surface area (Å²) in [4.78, 5) is 11.0. The first kappa shape index (κ1) is 9.86. The molecule has 1 fully saturated rings. The molecule has 3 nitrogen and oxygen atoms in total. The molecule has 4 heteroatoms. The van der Waals surface area contributed by atoms with Crippen LogP contribution < -0.4 is 5.73 Å². The second-order valence-corrected chi connectivity index (χ2v) is 4.57. The zero-order valence-corrected chi connectivity index (χ0v) is 8.32. The van der Waals surface area contributed by atoms with Crippen molar-refractivity contribution in [3.8, 4) is 0 Å². The van der Waals surface area contributed by atoms with Gasteiger partial charge in [0.1, 0.15) is 0 Å². The highest BCUT2D eigenvalue weighted by atomic mass is 32.2. The number of carbonyl (C=O) groups is 1. The number of esters is 1. The Hall–Kier alpha value is -0.220. The molecule has 0 aromatic heterocycles. The van der Waals surface area contributed by atoms with E-state index in [1.54, 1.807) is 0 Å². The molecule has 0 saturated carbocycles. The number of ether oxygens (including phenoxy) is 1. The zero-order chi connectivity index (χ0) is 9.19. The standard InChI is InChI=1S/C8H15NO2S/c1-8(9,3-7(10)11-2)6-4-12-5-6/h6H,3-5,9H2,1-2H3. The van der Waals surface area contributed by atoms with Gasteiger partial charge in [0.15, 0.2) is 0 Å². The molecule has 1 aliphatic heterocycles. The molecule has 1 saturated heterocycles. The first-order valence-electron chi connectivity index (χ1n) is 3.99. The summed E-state index contributed by atoms with van der Waals surface area (Å²) in [6.45, 7) is 1.92. The van der Waals surface area contributed by atoms with Crippen LogP contribution in [0.25, 0.3) is 0 Å². The molecule has 0 aliphatic carbocycles. The molecule has 12 heavy (non-hydrogen) atoms. The Morgan fingerprint density at radius 2 is 2.33 bits per heavy atom. The highest BCUT2D eigenvalue weighted by Gasteiger charge is 2.36. The predicted molar refractivity (Wildman–Crippen MR) is 50.0 cm³/mol. The van der Waals surface area contributed by atoms with Crippen LogP contribution >= 0.6 is 11.8 Å². The van der Waals surface area contributed by atoms with Gasteiger partial charge in [0.05, 0.1) is 13.5 Å². The van der Waals surface area contributed by atoms with E-state index >= 15 is 0 Å². The van der Waals surface area contributed by atoms with Crippen LogP contribution in [0.2, 0.25) is 0 Å². The van der Waals surface area contributed by atoms with Crippen molar-refractivity contribution in [3.05, 3.63) is 0 Å². The van der Waals surface area contributed by atoms with Gasteiger partial charge in [-0.3, -0.25) is 4.79 Å². The average molecular weight is 189 g/mol. The quantitative estimate of drug-likeness (QED) is 0.662. The van der Waals surface area contributed by atoms with Crippen molar-refractivity contribution in [1.29, 1.82) is 0 Å². The Kier molecular flexibility index (Phi) is 3.01. The maximum atomic E-state index is 11.0.